The van der Waals surface area contributed by atoms with Crippen molar-refractivity contribution in [3.8, 4) is 5.75 Å². The van der Waals surface area contributed by atoms with Crippen LogP contribution < -0.4 is 10.1 Å². The molecule has 16 heavy (non-hydrogen) atoms. The Morgan fingerprint density at radius 3 is 2.31 bits per heavy atom. The van der Waals surface area contributed by atoms with Gasteiger partial charge in [0.25, 0.3) is 0 Å². The maximum absolute atomic E-state index is 12.5. The van der Waals surface area contributed by atoms with E-state index in [-0.39, 0.29) is 24.3 Å². The number of para-hydroxylation sites is 1. The first-order chi connectivity index (χ1) is 7.07. The van der Waals surface area contributed by atoms with Crippen LogP contribution in [-0.2, 0) is 6.18 Å². The maximum atomic E-state index is 12.5. The van der Waals surface area contributed by atoms with Crippen LogP contribution in [0.2, 0.25) is 0 Å². The molecule has 6 heteroatoms. The zero-order valence-corrected chi connectivity index (χ0v) is 9.07. The van der Waals surface area contributed by atoms with Crippen LogP contribution >= 0.6 is 12.4 Å². The summed E-state index contributed by atoms with van der Waals surface area (Å²) in [6, 6.07) is 5.27. The van der Waals surface area contributed by atoms with E-state index < -0.39 is 11.7 Å². The number of benzene rings is 1. The second-order valence-corrected chi connectivity index (χ2v) is 3.39. The molecule has 1 aromatic carbocycles. The van der Waals surface area contributed by atoms with Crippen molar-refractivity contribution >= 4 is 12.4 Å². The van der Waals surface area contributed by atoms with Gasteiger partial charge in [0.15, 0.2) is 0 Å². The third kappa shape index (κ3) is 2.80. The fraction of sp³-hybridized carbons (Fsp3) is 0.400. The van der Waals surface area contributed by atoms with Gasteiger partial charge in [0.05, 0.1) is 5.56 Å². The Hall–Kier alpha value is -0.940. The van der Waals surface area contributed by atoms with Crippen molar-refractivity contribution in [2.45, 2.75) is 12.3 Å². The largest absolute Gasteiger partial charge is 0.487 e. The Morgan fingerprint density at radius 2 is 1.81 bits per heavy atom. The number of halogens is 4. The molecule has 0 atom stereocenters. The molecule has 1 heterocycles. The molecule has 1 aromatic rings. The molecule has 0 amide bonds. The lowest BCUT2D eigenvalue weighted by Gasteiger charge is -2.28. The molecular formula is C10H11ClF3NO. The van der Waals surface area contributed by atoms with Crippen molar-refractivity contribution in [3.05, 3.63) is 29.8 Å². The molecule has 0 spiro atoms. The molecule has 1 fully saturated rings. The zero-order valence-electron chi connectivity index (χ0n) is 8.25. The van der Waals surface area contributed by atoms with E-state index in [0.29, 0.717) is 13.1 Å². The molecule has 2 nitrogen and oxygen atoms in total. The first-order valence-corrected chi connectivity index (χ1v) is 4.61. The average Bonchev–Trinajstić information content (AvgIpc) is 2.10. The molecule has 2 rings (SSSR count). The highest BCUT2D eigenvalue weighted by Gasteiger charge is 2.35. The van der Waals surface area contributed by atoms with Crippen LogP contribution in [0.15, 0.2) is 24.3 Å². The Morgan fingerprint density at radius 1 is 1.19 bits per heavy atom. The molecule has 0 aromatic heterocycles. The topological polar surface area (TPSA) is 21.3 Å². The van der Waals surface area contributed by atoms with E-state index in [0.717, 1.165) is 6.07 Å². The summed E-state index contributed by atoms with van der Waals surface area (Å²) in [5, 5.41) is 2.93. The molecule has 90 valence electrons. The monoisotopic (exact) mass is 253 g/mol. The maximum Gasteiger partial charge on any atom is 0.419 e. The van der Waals surface area contributed by atoms with E-state index in [4.69, 9.17) is 4.74 Å². The predicted molar refractivity (Wildman–Crippen MR) is 56.0 cm³/mol. The number of ether oxygens (including phenoxy) is 1. The van der Waals surface area contributed by atoms with E-state index in [2.05, 4.69) is 5.32 Å². The Kier molecular flexibility index (Phi) is 4.04. The minimum Gasteiger partial charge on any atom is -0.487 e. The van der Waals surface area contributed by atoms with Gasteiger partial charge >= 0.3 is 6.18 Å². The summed E-state index contributed by atoms with van der Waals surface area (Å²) in [5.74, 6) is -0.0866. The van der Waals surface area contributed by atoms with Crippen LogP contribution in [0.5, 0.6) is 5.75 Å². The van der Waals surface area contributed by atoms with Crippen LogP contribution in [0.25, 0.3) is 0 Å². The van der Waals surface area contributed by atoms with Gasteiger partial charge in [0.1, 0.15) is 11.9 Å². The van der Waals surface area contributed by atoms with Gasteiger partial charge in [-0.05, 0) is 12.1 Å². The number of nitrogens with one attached hydrogen (secondary N) is 1. The van der Waals surface area contributed by atoms with Crippen molar-refractivity contribution in [3.63, 3.8) is 0 Å². The van der Waals surface area contributed by atoms with Gasteiger partial charge in [-0.3, -0.25) is 0 Å². The average molecular weight is 254 g/mol. The molecule has 1 aliphatic heterocycles. The number of rotatable bonds is 2. The summed E-state index contributed by atoms with van der Waals surface area (Å²) in [7, 11) is 0. The van der Waals surface area contributed by atoms with Gasteiger partial charge in [-0.15, -0.1) is 12.4 Å². The second-order valence-electron chi connectivity index (χ2n) is 3.39. The van der Waals surface area contributed by atoms with Crippen LogP contribution in [0.1, 0.15) is 5.56 Å². The summed E-state index contributed by atoms with van der Waals surface area (Å²) >= 11 is 0. The van der Waals surface area contributed by atoms with Gasteiger partial charge in [-0.25, -0.2) is 0 Å². The van der Waals surface area contributed by atoms with Crippen LogP contribution in [0, 0.1) is 0 Å². The first kappa shape index (κ1) is 13.1. The highest BCUT2D eigenvalue weighted by molar-refractivity contribution is 5.85. The minimum atomic E-state index is -4.35. The van der Waals surface area contributed by atoms with E-state index in [9.17, 15) is 13.2 Å². The van der Waals surface area contributed by atoms with Gasteiger partial charge in [0.2, 0.25) is 0 Å². The summed E-state index contributed by atoms with van der Waals surface area (Å²) < 4.78 is 42.8. The highest BCUT2D eigenvalue weighted by atomic mass is 35.5. The Balaban J connectivity index is 0.00000128. The smallest absolute Gasteiger partial charge is 0.419 e. The van der Waals surface area contributed by atoms with Crippen molar-refractivity contribution in [1.82, 2.24) is 5.32 Å². The van der Waals surface area contributed by atoms with Crippen LogP contribution in [0.3, 0.4) is 0 Å². The normalized spacial score (nSPS) is 16.2. The van der Waals surface area contributed by atoms with Crippen molar-refractivity contribution in [2.24, 2.45) is 0 Å². The standard InChI is InChI=1S/C10H10F3NO.ClH/c11-10(12,13)8-3-1-2-4-9(8)15-7-5-14-6-7;/h1-4,7,14H,5-6H2;1H. The summed E-state index contributed by atoms with van der Waals surface area (Å²) in [4.78, 5) is 0. The third-order valence-electron chi connectivity index (χ3n) is 2.23. The summed E-state index contributed by atoms with van der Waals surface area (Å²) in [6.45, 7) is 1.21. The molecular weight excluding hydrogens is 243 g/mol. The Labute approximate surface area is 97.2 Å². The van der Waals surface area contributed by atoms with Crippen molar-refractivity contribution in [1.29, 1.82) is 0 Å². The fourth-order valence-corrected chi connectivity index (χ4v) is 1.33. The Bertz CT molecular complexity index is 352. The van der Waals surface area contributed by atoms with Crippen molar-refractivity contribution < 1.29 is 17.9 Å². The molecule has 1 aliphatic rings. The molecule has 1 saturated heterocycles. The predicted octanol–water partition coefficient (Wildman–Crippen LogP) is 2.48. The SMILES string of the molecule is Cl.FC(F)(F)c1ccccc1OC1CNC1. The minimum absolute atomic E-state index is 0. The lowest BCUT2D eigenvalue weighted by Crippen LogP contribution is -2.50. The van der Waals surface area contributed by atoms with Gasteiger partial charge in [0, 0.05) is 13.1 Å². The number of hydrogen-bond acceptors (Lipinski definition) is 2. The fourth-order valence-electron chi connectivity index (χ4n) is 1.33. The lowest BCUT2D eigenvalue weighted by atomic mass is 10.1. The van der Waals surface area contributed by atoms with E-state index in [1.54, 1.807) is 0 Å². The second kappa shape index (κ2) is 4.93. The highest BCUT2D eigenvalue weighted by Crippen LogP contribution is 2.36. The lowest BCUT2D eigenvalue weighted by molar-refractivity contribution is -0.139. The molecule has 0 unspecified atom stereocenters. The number of hydrogen-bond donors (Lipinski definition) is 1. The van der Waals surface area contributed by atoms with Gasteiger partial charge in [-0.1, -0.05) is 12.1 Å². The molecule has 0 aliphatic carbocycles. The molecule has 1 N–H and O–H groups in total. The quantitative estimate of drug-likeness (QED) is 0.874. The van der Waals surface area contributed by atoms with Gasteiger partial charge in [-0.2, -0.15) is 13.2 Å². The van der Waals surface area contributed by atoms with Crippen LogP contribution in [0.4, 0.5) is 13.2 Å². The van der Waals surface area contributed by atoms with Gasteiger partial charge < -0.3 is 10.1 Å². The van der Waals surface area contributed by atoms with Crippen LogP contribution in [-0.4, -0.2) is 19.2 Å². The molecule has 0 radical (unpaired) electrons. The van der Waals surface area contributed by atoms with E-state index in [1.807, 2.05) is 0 Å². The molecule has 0 saturated carbocycles. The summed E-state index contributed by atoms with van der Waals surface area (Å²) in [6.07, 6.45) is -4.50. The van der Waals surface area contributed by atoms with Crippen molar-refractivity contribution in [2.75, 3.05) is 13.1 Å². The van der Waals surface area contributed by atoms with E-state index >= 15 is 0 Å². The summed E-state index contributed by atoms with van der Waals surface area (Å²) in [5.41, 5.74) is -0.711. The molecule has 0 bridgehead atoms. The first-order valence-electron chi connectivity index (χ1n) is 4.61. The zero-order chi connectivity index (χ0) is 10.9. The van der Waals surface area contributed by atoms with E-state index in [1.165, 1.54) is 18.2 Å². The number of alkyl halides is 3. The third-order valence-corrected chi connectivity index (χ3v) is 2.23.